The maximum Gasteiger partial charge on any atom is 0.258 e. The number of carbonyl (C=O) groups excluding carboxylic acids is 2. The Hall–Kier alpha value is -4.83. The van der Waals surface area contributed by atoms with Crippen LogP contribution in [0.25, 0.3) is 11.1 Å². The van der Waals surface area contributed by atoms with Gasteiger partial charge in [0.25, 0.3) is 11.8 Å². The lowest BCUT2D eigenvalue weighted by molar-refractivity contribution is -0.123. The Labute approximate surface area is 256 Å². The van der Waals surface area contributed by atoms with Crippen molar-refractivity contribution in [1.29, 1.82) is 0 Å². The first-order valence-corrected chi connectivity index (χ1v) is 14.7. The average molecular weight is 597 g/mol. The van der Waals surface area contributed by atoms with E-state index >= 15 is 0 Å². The molecule has 228 valence electrons. The molecule has 2 N–H and O–H groups in total. The number of fused-ring (bicyclic) bond motifs is 7. The summed E-state index contributed by atoms with van der Waals surface area (Å²) < 4.78 is 23.3. The molecule has 7 rings (SSSR count). The molecule has 0 unspecified atom stereocenters. The van der Waals surface area contributed by atoms with Crippen molar-refractivity contribution in [2.45, 2.75) is 45.5 Å². The Bertz CT molecular complexity index is 1630. The van der Waals surface area contributed by atoms with Crippen molar-refractivity contribution in [3.8, 4) is 28.4 Å². The molecular formula is C34H36N4O6. The number of hydrogen-bond acceptors (Lipinski definition) is 8. The van der Waals surface area contributed by atoms with Gasteiger partial charge in [-0.2, -0.15) is 0 Å². The van der Waals surface area contributed by atoms with Gasteiger partial charge in [-0.25, -0.2) is 0 Å². The zero-order valence-corrected chi connectivity index (χ0v) is 25.1. The van der Waals surface area contributed by atoms with Crippen LogP contribution in [-0.2, 0) is 17.9 Å². The molecule has 10 heteroatoms. The van der Waals surface area contributed by atoms with Crippen LogP contribution in [0.15, 0.2) is 71.3 Å². The average Bonchev–Trinajstić information content (AvgIpc) is 3.36. The fraction of sp³-hybridized carbons (Fsp3) is 0.324. The summed E-state index contributed by atoms with van der Waals surface area (Å²) in [4.78, 5) is 28.6. The molecule has 0 aliphatic carbocycles. The largest absolute Gasteiger partial charge is 0.496 e. The minimum Gasteiger partial charge on any atom is -0.496 e. The number of aromatic nitrogens is 1. The van der Waals surface area contributed by atoms with Crippen molar-refractivity contribution < 1.29 is 28.3 Å². The Balaban J connectivity index is 1.33. The summed E-state index contributed by atoms with van der Waals surface area (Å²) in [5.74, 6) is 2.22. The third-order valence-electron chi connectivity index (χ3n) is 8.19. The summed E-state index contributed by atoms with van der Waals surface area (Å²) in [6, 6.07) is 20.1. The van der Waals surface area contributed by atoms with Gasteiger partial charge in [-0.15, -0.1) is 0 Å². The highest BCUT2D eigenvalue weighted by atomic mass is 16.5. The van der Waals surface area contributed by atoms with Crippen molar-refractivity contribution in [2.24, 2.45) is 0 Å². The second-order valence-corrected chi connectivity index (χ2v) is 11.2. The Kier molecular flexibility index (Phi) is 8.51. The number of benzene rings is 3. The van der Waals surface area contributed by atoms with Crippen LogP contribution in [0.4, 0.5) is 0 Å². The Morgan fingerprint density at radius 1 is 1.00 bits per heavy atom. The van der Waals surface area contributed by atoms with Gasteiger partial charge in [-0.1, -0.05) is 29.4 Å². The van der Waals surface area contributed by atoms with Crippen molar-refractivity contribution in [1.82, 2.24) is 20.7 Å². The smallest absolute Gasteiger partial charge is 0.258 e. The Morgan fingerprint density at radius 2 is 1.84 bits per heavy atom. The van der Waals surface area contributed by atoms with E-state index in [0.29, 0.717) is 48.9 Å². The minimum atomic E-state index is -0.288. The van der Waals surface area contributed by atoms with Gasteiger partial charge < -0.3 is 29.4 Å². The number of carbonyl (C=O) groups is 2. The molecule has 0 saturated carbocycles. The normalized spacial score (nSPS) is 19.2. The van der Waals surface area contributed by atoms with E-state index in [1.807, 2.05) is 62.4 Å². The number of amides is 2. The first-order chi connectivity index (χ1) is 21.4. The van der Waals surface area contributed by atoms with E-state index in [9.17, 15) is 9.59 Å². The topological polar surface area (TPSA) is 115 Å². The van der Waals surface area contributed by atoms with E-state index < -0.39 is 0 Å². The van der Waals surface area contributed by atoms with Crippen LogP contribution in [0, 0.1) is 13.8 Å². The highest BCUT2D eigenvalue weighted by Crippen LogP contribution is 2.33. The number of rotatable bonds is 3. The molecule has 3 aromatic carbocycles. The summed E-state index contributed by atoms with van der Waals surface area (Å²) in [6.45, 7) is 6.16. The quantitative estimate of drug-likeness (QED) is 0.357. The molecule has 4 aromatic rings. The highest BCUT2D eigenvalue weighted by molar-refractivity contribution is 5.96. The lowest BCUT2D eigenvalue weighted by atomic mass is 9.98. The molecule has 3 aliphatic rings. The molecule has 4 heterocycles. The number of hydrogen-bond donors (Lipinski definition) is 2. The maximum absolute atomic E-state index is 13.8. The summed E-state index contributed by atoms with van der Waals surface area (Å²) in [6.07, 6.45) is 0.467. The first kappa shape index (κ1) is 29.3. The van der Waals surface area contributed by atoms with Gasteiger partial charge in [-0.05, 0) is 73.9 Å². The first-order valence-electron chi connectivity index (χ1n) is 14.7. The van der Waals surface area contributed by atoms with E-state index in [2.05, 4.69) is 20.7 Å². The number of ether oxygens (including phenoxy) is 3. The summed E-state index contributed by atoms with van der Waals surface area (Å²) in [5.41, 5.74) is 4.90. The third kappa shape index (κ3) is 6.55. The van der Waals surface area contributed by atoms with Crippen LogP contribution < -0.4 is 24.8 Å². The fourth-order valence-electron chi connectivity index (χ4n) is 5.71. The second-order valence-electron chi connectivity index (χ2n) is 11.2. The van der Waals surface area contributed by atoms with Gasteiger partial charge in [0.05, 0.1) is 18.8 Å². The monoisotopic (exact) mass is 596 g/mol. The van der Waals surface area contributed by atoms with Gasteiger partial charge in [-0.3, -0.25) is 14.5 Å². The van der Waals surface area contributed by atoms with E-state index in [1.165, 1.54) is 0 Å². The molecule has 6 bridgehead atoms. The van der Waals surface area contributed by atoms with Crippen LogP contribution in [0.3, 0.4) is 0 Å². The van der Waals surface area contributed by atoms with E-state index in [1.54, 1.807) is 25.3 Å². The predicted octanol–water partition coefficient (Wildman–Crippen LogP) is 4.43. The standard InChI is InChI=1S/C34H36N4O6/c1-21-29(22(2)44-37-21)18-38-14-13-32-30(19-38)36-34(40)25-9-12-31(41-3)28(16-25)24-5-4-6-27(15-24)42-20-33(39)35-17-23-7-10-26(43-32)11-8-23/h4-12,15-16,30,32H,13-14,17-20H2,1-3H3,(H,35,39)(H,36,40)/t30-,32-/m1/s1. The number of nitrogens with zero attached hydrogens (tertiary/aromatic N) is 2. The second kappa shape index (κ2) is 12.8. The lowest BCUT2D eigenvalue weighted by Gasteiger charge is -2.39. The van der Waals surface area contributed by atoms with Gasteiger partial charge in [0.15, 0.2) is 6.61 Å². The highest BCUT2D eigenvalue weighted by Gasteiger charge is 2.33. The molecule has 0 spiro atoms. The van der Waals surface area contributed by atoms with Gasteiger partial charge in [0.1, 0.15) is 29.1 Å². The van der Waals surface area contributed by atoms with Crippen molar-refractivity contribution in [2.75, 3.05) is 26.8 Å². The number of piperidine rings is 1. The predicted molar refractivity (Wildman–Crippen MR) is 164 cm³/mol. The van der Waals surface area contributed by atoms with E-state index in [0.717, 1.165) is 40.3 Å². The molecule has 1 saturated heterocycles. The van der Waals surface area contributed by atoms with Crippen LogP contribution in [0.2, 0.25) is 0 Å². The Morgan fingerprint density at radius 3 is 2.61 bits per heavy atom. The van der Waals surface area contributed by atoms with Crippen LogP contribution >= 0.6 is 0 Å². The fourth-order valence-corrected chi connectivity index (χ4v) is 5.71. The summed E-state index contributed by atoms with van der Waals surface area (Å²) in [5, 5.41) is 10.3. The number of aryl methyl sites for hydroxylation is 2. The lowest BCUT2D eigenvalue weighted by Crippen LogP contribution is -2.56. The van der Waals surface area contributed by atoms with Crippen molar-refractivity contribution >= 4 is 11.8 Å². The van der Waals surface area contributed by atoms with Gasteiger partial charge >= 0.3 is 0 Å². The van der Waals surface area contributed by atoms with Crippen LogP contribution in [0.5, 0.6) is 17.2 Å². The molecule has 1 aromatic heterocycles. The zero-order chi connectivity index (χ0) is 30.6. The molecule has 1 fully saturated rings. The van der Waals surface area contributed by atoms with Crippen LogP contribution in [0.1, 0.15) is 39.4 Å². The van der Waals surface area contributed by atoms with E-state index in [-0.39, 0.29) is 30.6 Å². The summed E-state index contributed by atoms with van der Waals surface area (Å²) in [7, 11) is 1.59. The maximum atomic E-state index is 13.8. The van der Waals surface area contributed by atoms with E-state index in [4.69, 9.17) is 18.7 Å². The van der Waals surface area contributed by atoms with Crippen molar-refractivity contribution in [3.05, 3.63) is 94.9 Å². The van der Waals surface area contributed by atoms with Gasteiger partial charge in [0, 0.05) is 42.9 Å². The minimum absolute atomic E-state index is 0.124. The SMILES string of the molecule is COc1ccc2cc1-c1cccc(c1)OCC(=O)NCc1ccc(cc1)O[C@@H]1CCN(Cc3c(C)noc3C)C[C@H]1NC2=O. The number of nitrogens with one attached hydrogen (secondary N) is 2. The summed E-state index contributed by atoms with van der Waals surface area (Å²) >= 11 is 0. The molecule has 0 radical (unpaired) electrons. The molecule has 2 atom stereocenters. The molecule has 3 aliphatic heterocycles. The van der Waals surface area contributed by atoms with Gasteiger partial charge in [0.2, 0.25) is 0 Å². The third-order valence-corrected chi connectivity index (χ3v) is 8.19. The van der Waals surface area contributed by atoms with Crippen molar-refractivity contribution in [3.63, 3.8) is 0 Å². The molecular weight excluding hydrogens is 560 g/mol. The number of methoxy groups -OCH3 is 1. The zero-order valence-electron chi connectivity index (χ0n) is 25.1. The molecule has 10 nitrogen and oxygen atoms in total. The number of likely N-dealkylation sites (tertiary alicyclic amines) is 1. The van der Waals surface area contributed by atoms with Crippen LogP contribution in [-0.4, -0.2) is 60.8 Å². The molecule has 44 heavy (non-hydrogen) atoms. The molecule has 2 amide bonds.